The summed E-state index contributed by atoms with van der Waals surface area (Å²) in [6, 6.07) is 21.2. The molecule has 21 heavy (non-hydrogen) atoms. The van der Waals surface area contributed by atoms with Crippen molar-refractivity contribution in [1.82, 2.24) is 0 Å². The van der Waals surface area contributed by atoms with Gasteiger partial charge in [0.1, 0.15) is 0 Å². The molecule has 0 nitrogen and oxygen atoms in total. The van der Waals surface area contributed by atoms with Gasteiger partial charge in [-0.25, -0.2) is 0 Å². The van der Waals surface area contributed by atoms with Gasteiger partial charge in [0.2, 0.25) is 0 Å². The average molecular weight is 333 g/mol. The molecule has 2 heteroatoms. The van der Waals surface area contributed by atoms with E-state index in [4.69, 9.17) is 6.58 Å². The van der Waals surface area contributed by atoms with Gasteiger partial charge in [0.05, 0.1) is 0 Å². The Labute approximate surface area is 137 Å². The molecule has 0 aliphatic carbocycles. The van der Waals surface area contributed by atoms with Gasteiger partial charge < -0.3 is 0 Å². The summed E-state index contributed by atoms with van der Waals surface area (Å²) in [6.45, 7) is 5.04. The van der Waals surface area contributed by atoms with Gasteiger partial charge >= 0.3 is 57.5 Å². The van der Waals surface area contributed by atoms with Crippen molar-refractivity contribution in [3.05, 3.63) is 97.6 Å². The van der Waals surface area contributed by atoms with Gasteiger partial charge in [-0.1, -0.05) is 69.2 Å². The Kier molecular flexibility index (Phi) is 10.2. The Morgan fingerprint density at radius 1 is 0.714 bits per heavy atom. The Balaban J connectivity index is 0.000000240. The largest absolute Gasteiger partial charge is 0.0622 e. The molecule has 0 unspecified atom stereocenters. The first-order chi connectivity index (χ1) is 10.4. The fourth-order valence-electron chi connectivity index (χ4n) is 1.44. The van der Waals surface area contributed by atoms with Crippen molar-refractivity contribution >= 4 is 24.1 Å². The topological polar surface area (TPSA) is 0 Å². The summed E-state index contributed by atoms with van der Waals surface area (Å²) in [5.74, 6) is 0. The van der Waals surface area contributed by atoms with E-state index in [0.717, 1.165) is 8.58 Å². The second-order valence-corrected chi connectivity index (χ2v) is 5.71. The minimum Gasteiger partial charge on any atom is -0.0622 e. The summed E-state index contributed by atoms with van der Waals surface area (Å²) < 4.78 is 0. The zero-order valence-electron chi connectivity index (χ0n) is 11.7. The van der Waals surface area contributed by atoms with Crippen LogP contribution in [-0.4, -0.2) is 4.92 Å². The maximum Gasteiger partial charge on any atom is -0.0226 e. The molecule has 0 atom stereocenters. The van der Waals surface area contributed by atoms with Crippen LogP contribution in [0, 0.1) is 6.58 Å². The molecule has 0 bridgehead atoms. The maximum absolute atomic E-state index is 5.04. The number of rotatable bonds is 5. The number of benzene rings is 2. The van der Waals surface area contributed by atoms with Crippen LogP contribution in [0.3, 0.4) is 0 Å². The van der Waals surface area contributed by atoms with Gasteiger partial charge in [-0.15, -0.1) is 0 Å². The molecular weight excluding hydrogens is 315 g/mol. The minimum atomic E-state index is 0.777. The fraction of sp³-hybridized carbons (Fsp3) is 0. The third-order valence-corrected chi connectivity index (χ3v) is 3.81. The van der Waals surface area contributed by atoms with Crippen molar-refractivity contribution in [2.24, 2.45) is 0 Å². The molecule has 107 valence electrons. The predicted octanol–water partition coefficient (Wildman–Crippen LogP) is 3.75. The average Bonchev–Trinajstić information content (AvgIpc) is 2.54. The van der Waals surface area contributed by atoms with E-state index < -0.39 is 0 Å². The van der Waals surface area contributed by atoms with Crippen molar-refractivity contribution in [3.63, 3.8) is 0 Å². The zero-order chi connectivity index (χ0) is 15.2. The third-order valence-electron chi connectivity index (χ3n) is 2.35. The zero-order valence-corrected chi connectivity index (χ0v) is 13.8. The summed E-state index contributed by atoms with van der Waals surface area (Å²) in [4.78, 5) is 1.71. The van der Waals surface area contributed by atoms with Crippen LogP contribution >= 0.6 is 8.58 Å². The Morgan fingerprint density at radius 3 is 1.62 bits per heavy atom. The van der Waals surface area contributed by atoms with Crippen LogP contribution in [0.2, 0.25) is 0 Å². The summed E-state index contributed by atoms with van der Waals surface area (Å²) in [7, 11) is 0.777. The van der Waals surface area contributed by atoms with Crippen LogP contribution < -0.4 is 10.6 Å². The molecule has 2 rings (SSSR count). The molecule has 0 N–H and O–H groups in total. The van der Waals surface area contributed by atoms with E-state index in [1.54, 1.807) is 11.0 Å². The molecular formula is C19H18FeP. The van der Waals surface area contributed by atoms with Gasteiger partial charge in [0.25, 0.3) is 0 Å². The Hall–Kier alpha value is -1.52. The molecule has 2 aromatic rings. The van der Waals surface area contributed by atoms with Crippen LogP contribution in [0.1, 0.15) is 0 Å². The first-order valence-corrected chi connectivity index (χ1v) is 8.16. The first-order valence-electron chi connectivity index (χ1n) is 6.53. The van der Waals surface area contributed by atoms with Crippen molar-refractivity contribution in [2.45, 2.75) is 0 Å². The quantitative estimate of drug-likeness (QED) is 0.338. The summed E-state index contributed by atoms with van der Waals surface area (Å²) in [5.41, 5.74) is 0. The molecule has 0 fully saturated rings. The van der Waals surface area contributed by atoms with Crippen LogP contribution in [0.15, 0.2) is 91.0 Å². The van der Waals surface area contributed by atoms with Crippen LogP contribution in [0.5, 0.6) is 0 Å². The monoisotopic (exact) mass is 333 g/mol. The summed E-state index contributed by atoms with van der Waals surface area (Å²) >= 11 is 3.50. The summed E-state index contributed by atoms with van der Waals surface area (Å²) in [6.07, 6.45) is 8.76. The normalized spacial score (nSPS) is 10.1. The molecule has 0 aromatic heterocycles. The van der Waals surface area contributed by atoms with Crippen molar-refractivity contribution in [1.29, 1.82) is 0 Å². The van der Waals surface area contributed by atoms with E-state index in [1.165, 1.54) is 16.7 Å². The van der Waals surface area contributed by atoms with E-state index in [0.29, 0.717) is 0 Å². The number of hydrogen-bond acceptors (Lipinski definition) is 0. The maximum atomic E-state index is 5.04. The summed E-state index contributed by atoms with van der Waals surface area (Å²) in [5, 5.41) is 2.79. The van der Waals surface area contributed by atoms with Crippen LogP contribution in [0.25, 0.3) is 0 Å². The predicted molar refractivity (Wildman–Crippen MR) is 93.7 cm³/mol. The Bertz CT molecular complexity index is 518. The number of allylic oxidation sites excluding steroid dienone is 5. The van der Waals surface area contributed by atoms with E-state index in [9.17, 15) is 0 Å². The van der Waals surface area contributed by atoms with Crippen LogP contribution in [0.4, 0.5) is 0 Å². The molecule has 0 heterocycles. The third kappa shape index (κ3) is 9.10. The molecule has 0 aliphatic heterocycles. The molecule has 0 amide bonds. The van der Waals surface area contributed by atoms with E-state index in [2.05, 4.69) is 76.2 Å². The minimum absolute atomic E-state index is 0.777. The Morgan fingerprint density at radius 2 is 1.19 bits per heavy atom. The molecule has 0 spiro atoms. The molecule has 0 saturated heterocycles. The van der Waals surface area contributed by atoms with Gasteiger partial charge in [-0.3, -0.25) is 0 Å². The standard InChI is InChI=1S/C12H11P.C7H7.Fe/c1-3-7-11(8-4-1)13-12-9-5-2-6-10-12;1-3-5-7-6-4-2;/h1-10,13H;1-7H;/q;-1;+1/b;5-3-,7-6-;. The SMILES string of the molecule is [CH-]=C/C=C\C=C/[CH]=[Fe+].c1ccc(Pc2ccccc2)cc1. The van der Waals surface area contributed by atoms with Gasteiger partial charge in [0.15, 0.2) is 0 Å². The molecule has 0 radical (unpaired) electrons. The second kappa shape index (κ2) is 12.2. The van der Waals surface area contributed by atoms with Gasteiger partial charge in [0, 0.05) is 0 Å². The molecule has 0 aliphatic rings. The fourth-order valence-corrected chi connectivity index (χ4v) is 2.62. The first kappa shape index (κ1) is 17.5. The van der Waals surface area contributed by atoms with Gasteiger partial charge in [-0.2, -0.15) is 0 Å². The van der Waals surface area contributed by atoms with Crippen molar-refractivity contribution in [2.75, 3.05) is 0 Å². The van der Waals surface area contributed by atoms with E-state index in [1.807, 2.05) is 18.2 Å². The second-order valence-electron chi connectivity index (χ2n) is 3.94. The van der Waals surface area contributed by atoms with Gasteiger partial charge in [-0.05, 0) is 10.6 Å². The molecule has 0 saturated carbocycles. The van der Waals surface area contributed by atoms with E-state index in [-0.39, 0.29) is 0 Å². The number of hydrogen-bond donors (Lipinski definition) is 0. The smallest absolute Gasteiger partial charge is 0.0226 e. The van der Waals surface area contributed by atoms with Crippen LogP contribution in [-0.2, 0) is 15.6 Å². The van der Waals surface area contributed by atoms with Crippen molar-refractivity contribution < 1.29 is 15.6 Å². The van der Waals surface area contributed by atoms with Crippen molar-refractivity contribution in [3.8, 4) is 0 Å². The molecule has 2 aromatic carbocycles. The van der Waals surface area contributed by atoms with E-state index >= 15 is 0 Å².